The van der Waals surface area contributed by atoms with Gasteiger partial charge in [-0.2, -0.15) is 0 Å². The predicted molar refractivity (Wildman–Crippen MR) is 227 cm³/mol. The molecule has 1 heteroatoms. The van der Waals surface area contributed by atoms with E-state index in [9.17, 15) is 0 Å². The minimum Gasteiger partial charge on any atom is -0.310 e. The van der Waals surface area contributed by atoms with Crippen LogP contribution in [0.25, 0.3) is 44.2 Å². The Hall–Kier alpha value is -6.96. The van der Waals surface area contributed by atoms with Crippen molar-refractivity contribution in [2.75, 3.05) is 4.90 Å². The van der Waals surface area contributed by atoms with Gasteiger partial charge in [0.1, 0.15) is 0 Å². The van der Waals surface area contributed by atoms with Crippen LogP contribution in [0.3, 0.4) is 0 Å². The lowest BCUT2D eigenvalue weighted by Gasteiger charge is -2.35. The molecule has 1 aliphatic rings. The van der Waals surface area contributed by atoms with Crippen LogP contribution in [0.15, 0.2) is 224 Å². The number of benzene rings is 9. The summed E-state index contributed by atoms with van der Waals surface area (Å²) >= 11 is 0. The highest BCUT2D eigenvalue weighted by Gasteiger charge is 2.47. The number of rotatable bonds is 7. The molecule has 1 aliphatic carbocycles. The van der Waals surface area contributed by atoms with Gasteiger partial charge in [-0.25, -0.2) is 0 Å². The second-order valence-electron chi connectivity index (χ2n) is 14.1. The van der Waals surface area contributed by atoms with Crippen LogP contribution in [0.5, 0.6) is 0 Å². The van der Waals surface area contributed by atoms with Gasteiger partial charge in [0.25, 0.3) is 0 Å². The first-order valence-corrected chi connectivity index (χ1v) is 18.7. The lowest BCUT2D eigenvalue weighted by atomic mass is 9.67. The summed E-state index contributed by atoms with van der Waals surface area (Å²) in [6, 6.07) is 82.0. The van der Waals surface area contributed by atoms with Crippen molar-refractivity contribution in [2.45, 2.75) is 5.41 Å². The van der Waals surface area contributed by atoms with Gasteiger partial charge in [0.15, 0.2) is 0 Å². The summed E-state index contributed by atoms with van der Waals surface area (Å²) < 4.78 is 0. The Bertz CT molecular complexity index is 2680. The Kier molecular flexibility index (Phi) is 7.78. The van der Waals surface area contributed by atoms with E-state index in [4.69, 9.17) is 0 Å². The van der Waals surface area contributed by atoms with Crippen molar-refractivity contribution in [2.24, 2.45) is 0 Å². The maximum atomic E-state index is 2.46. The molecule has 0 spiro atoms. The Morgan fingerprint density at radius 2 is 0.815 bits per heavy atom. The third-order valence-corrected chi connectivity index (χ3v) is 11.1. The fraction of sp³-hybridized carbons (Fsp3) is 0.0189. The number of anilines is 3. The number of hydrogen-bond donors (Lipinski definition) is 0. The molecule has 0 saturated carbocycles. The van der Waals surface area contributed by atoms with E-state index in [0.717, 1.165) is 17.1 Å². The maximum Gasteiger partial charge on any atom is 0.0714 e. The summed E-state index contributed by atoms with van der Waals surface area (Å²) in [5.74, 6) is 0. The van der Waals surface area contributed by atoms with E-state index >= 15 is 0 Å². The van der Waals surface area contributed by atoms with Crippen molar-refractivity contribution in [1.29, 1.82) is 0 Å². The third-order valence-electron chi connectivity index (χ3n) is 11.1. The fourth-order valence-corrected chi connectivity index (χ4v) is 8.80. The first-order valence-electron chi connectivity index (χ1n) is 18.7. The second-order valence-corrected chi connectivity index (χ2v) is 14.1. The molecule has 0 radical (unpaired) electrons. The molecular formula is C53H37N. The summed E-state index contributed by atoms with van der Waals surface area (Å²) in [6.45, 7) is 0. The zero-order valence-corrected chi connectivity index (χ0v) is 29.8. The van der Waals surface area contributed by atoms with Gasteiger partial charge in [0.05, 0.1) is 5.41 Å². The number of nitrogens with zero attached hydrogens (tertiary/aromatic N) is 1. The van der Waals surface area contributed by atoms with Gasteiger partial charge >= 0.3 is 0 Å². The van der Waals surface area contributed by atoms with E-state index < -0.39 is 5.41 Å². The van der Waals surface area contributed by atoms with E-state index in [0.29, 0.717) is 0 Å². The third kappa shape index (κ3) is 5.09. The lowest BCUT2D eigenvalue weighted by molar-refractivity contribution is 0.769. The Morgan fingerprint density at radius 1 is 0.296 bits per heavy atom. The highest BCUT2D eigenvalue weighted by Crippen LogP contribution is 2.59. The van der Waals surface area contributed by atoms with Gasteiger partial charge in [-0.1, -0.05) is 188 Å². The van der Waals surface area contributed by atoms with Crippen molar-refractivity contribution < 1.29 is 0 Å². The second kappa shape index (κ2) is 13.2. The molecule has 0 amide bonds. The molecule has 0 unspecified atom stereocenters. The summed E-state index contributed by atoms with van der Waals surface area (Å²) in [4.78, 5) is 2.39. The van der Waals surface area contributed by atoms with E-state index in [2.05, 4.69) is 229 Å². The minimum atomic E-state index is -0.542. The van der Waals surface area contributed by atoms with Crippen LogP contribution in [-0.2, 0) is 5.41 Å². The van der Waals surface area contributed by atoms with E-state index in [1.54, 1.807) is 0 Å². The highest BCUT2D eigenvalue weighted by atomic mass is 15.1. The Morgan fingerprint density at radius 3 is 1.44 bits per heavy atom. The van der Waals surface area contributed by atoms with Crippen LogP contribution in [0.1, 0.15) is 22.3 Å². The first-order chi connectivity index (χ1) is 26.8. The maximum absolute atomic E-state index is 2.46. The molecule has 9 aromatic carbocycles. The van der Waals surface area contributed by atoms with Crippen LogP contribution < -0.4 is 4.90 Å². The summed E-state index contributed by atoms with van der Waals surface area (Å²) in [5.41, 5.74) is 15.4. The van der Waals surface area contributed by atoms with Gasteiger partial charge in [-0.15, -0.1) is 0 Å². The zero-order valence-electron chi connectivity index (χ0n) is 29.8. The molecule has 254 valence electrons. The highest BCUT2D eigenvalue weighted by molar-refractivity contribution is 6.09. The molecule has 0 N–H and O–H groups in total. The summed E-state index contributed by atoms with van der Waals surface area (Å²) in [7, 11) is 0. The quantitative estimate of drug-likeness (QED) is 0.161. The SMILES string of the molecule is c1ccc(-c2ccc(N(c3ccccc3)c3ccc4c(c3)C(c3ccccc3)(c3ccccc3)c3ccc5c(-c6ccccc6)cccc5c3-4)cc2)cc1. The van der Waals surface area contributed by atoms with E-state index in [1.807, 2.05) is 0 Å². The molecular weight excluding hydrogens is 651 g/mol. The Labute approximate surface area is 317 Å². The first kappa shape index (κ1) is 31.7. The molecule has 1 nitrogen and oxygen atoms in total. The molecule has 0 aliphatic heterocycles. The minimum absolute atomic E-state index is 0.542. The molecule has 0 heterocycles. The van der Waals surface area contributed by atoms with Gasteiger partial charge in [0.2, 0.25) is 0 Å². The molecule has 54 heavy (non-hydrogen) atoms. The van der Waals surface area contributed by atoms with E-state index in [1.165, 1.54) is 66.4 Å². The van der Waals surface area contributed by atoms with Crippen molar-refractivity contribution in [3.8, 4) is 33.4 Å². The molecule has 0 saturated heterocycles. The zero-order chi connectivity index (χ0) is 35.9. The predicted octanol–water partition coefficient (Wildman–Crippen LogP) is 14.0. The summed E-state index contributed by atoms with van der Waals surface area (Å²) in [5, 5.41) is 2.53. The molecule has 0 aromatic heterocycles. The van der Waals surface area contributed by atoms with Gasteiger partial charge in [0, 0.05) is 17.1 Å². The fourth-order valence-electron chi connectivity index (χ4n) is 8.80. The number of fused-ring (bicyclic) bond motifs is 5. The molecule has 0 atom stereocenters. The smallest absolute Gasteiger partial charge is 0.0714 e. The van der Waals surface area contributed by atoms with Gasteiger partial charge in [-0.3, -0.25) is 0 Å². The monoisotopic (exact) mass is 687 g/mol. The van der Waals surface area contributed by atoms with Crippen molar-refractivity contribution >= 4 is 27.8 Å². The average molecular weight is 688 g/mol. The van der Waals surface area contributed by atoms with Crippen molar-refractivity contribution in [3.63, 3.8) is 0 Å². The van der Waals surface area contributed by atoms with Crippen LogP contribution >= 0.6 is 0 Å². The van der Waals surface area contributed by atoms with Crippen molar-refractivity contribution in [1.82, 2.24) is 0 Å². The lowest BCUT2D eigenvalue weighted by Crippen LogP contribution is -2.28. The largest absolute Gasteiger partial charge is 0.310 e. The summed E-state index contributed by atoms with van der Waals surface area (Å²) in [6.07, 6.45) is 0. The number of para-hydroxylation sites is 1. The van der Waals surface area contributed by atoms with Crippen LogP contribution in [0.2, 0.25) is 0 Å². The van der Waals surface area contributed by atoms with Crippen LogP contribution in [0.4, 0.5) is 17.1 Å². The molecule has 0 fully saturated rings. The molecule has 9 aromatic rings. The van der Waals surface area contributed by atoms with Gasteiger partial charge in [-0.05, 0) is 103 Å². The molecule has 10 rings (SSSR count). The van der Waals surface area contributed by atoms with Crippen molar-refractivity contribution in [3.05, 3.63) is 247 Å². The normalized spacial score (nSPS) is 12.6. The molecule has 0 bridgehead atoms. The Balaban J connectivity index is 1.25. The van der Waals surface area contributed by atoms with Crippen LogP contribution in [-0.4, -0.2) is 0 Å². The number of hydrogen-bond acceptors (Lipinski definition) is 1. The van der Waals surface area contributed by atoms with Crippen LogP contribution in [0, 0.1) is 0 Å². The van der Waals surface area contributed by atoms with E-state index in [-0.39, 0.29) is 0 Å². The topological polar surface area (TPSA) is 3.24 Å². The average Bonchev–Trinajstić information content (AvgIpc) is 3.56. The van der Waals surface area contributed by atoms with Gasteiger partial charge < -0.3 is 4.90 Å². The standard InChI is InChI=1S/C53H37N/c1-6-17-38(18-7-1)39-29-31-44(32-30-39)54(43-25-14-5-15-26-43)45-33-34-49-51(37-45)53(41-21-10-3-11-22-41,42-23-12-4-13-24-42)50-36-35-47-46(40-19-8-2-9-20-40)27-16-28-48(47)52(49)50/h1-37H.